The lowest BCUT2D eigenvalue weighted by Crippen LogP contribution is -2.41. The van der Waals surface area contributed by atoms with Gasteiger partial charge in [0, 0.05) is 13.0 Å². The maximum absolute atomic E-state index is 4.41. The number of unbranched alkanes of at least 4 members (excludes halogenated alkanes) is 2. The van der Waals surface area contributed by atoms with Crippen molar-refractivity contribution in [1.82, 2.24) is 10.4 Å². The number of rotatable bonds is 7. The van der Waals surface area contributed by atoms with E-state index in [2.05, 4.69) is 28.9 Å². The Hall–Kier alpha value is -0.830. The van der Waals surface area contributed by atoms with Crippen LogP contribution in [0.25, 0.3) is 0 Å². The van der Waals surface area contributed by atoms with Crippen molar-refractivity contribution in [2.75, 3.05) is 19.6 Å². The molecule has 0 aliphatic carbocycles. The first-order chi connectivity index (χ1) is 6.88. The summed E-state index contributed by atoms with van der Waals surface area (Å²) in [6.07, 6.45) is 6.60. The van der Waals surface area contributed by atoms with Gasteiger partial charge in [-0.15, -0.1) is 6.58 Å². The molecule has 14 heavy (non-hydrogen) atoms. The Labute approximate surface area is 86.9 Å². The molecule has 0 aromatic rings. The maximum atomic E-state index is 4.41. The first-order valence-electron chi connectivity index (χ1n) is 5.53. The lowest BCUT2D eigenvalue weighted by Gasteiger charge is -2.20. The van der Waals surface area contributed by atoms with Crippen molar-refractivity contribution >= 4 is 5.84 Å². The van der Waals surface area contributed by atoms with Crippen molar-refractivity contribution in [3.8, 4) is 0 Å². The number of hydrazine groups is 1. The summed E-state index contributed by atoms with van der Waals surface area (Å²) in [7, 11) is 0. The molecular formula is C11H21N3. The van der Waals surface area contributed by atoms with E-state index in [0.717, 1.165) is 31.9 Å². The largest absolute Gasteiger partial charge is 0.294 e. The molecule has 80 valence electrons. The molecule has 0 aromatic carbocycles. The van der Waals surface area contributed by atoms with E-state index in [0.29, 0.717) is 0 Å². The van der Waals surface area contributed by atoms with Gasteiger partial charge in [-0.05, 0) is 6.42 Å². The van der Waals surface area contributed by atoms with Crippen LogP contribution < -0.4 is 5.43 Å². The Morgan fingerprint density at radius 2 is 2.43 bits per heavy atom. The van der Waals surface area contributed by atoms with Crippen LogP contribution in [0.2, 0.25) is 0 Å². The Kier molecular flexibility index (Phi) is 5.30. The quantitative estimate of drug-likeness (QED) is 0.497. The fourth-order valence-corrected chi connectivity index (χ4v) is 1.56. The predicted molar refractivity (Wildman–Crippen MR) is 61.3 cm³/mol. The molecule has 0 bridgehead atoms. The van der Waals surface area contributed by atoms with E-state index >= 15 is 0 Å². The number of nitrogens with zero attached hydrogens (tertiary/aromatic N) is 2. The average molecular weight is 195 g/mol. The third-order valence-corrected chi connectivity index (χ3v) is 2.34. The zero-order valence-corrected chi connectivity index (χ0v) is 9.13. The monoisotopic (exact) mass is 195 g/mol. The van der Waals surface area contributed by atoms with Gasteiger partial charge in [-0.1, -0.05) is 25.8 Å². The van der Waals surface area contributed by atoms with Gasteiger partial charge in [-0.2, -0.15) is 0 Å². The van der Waals surface area contributed by atoms with Crippen molar-refractivity contribution in [2.24, 2.45) is 4.99 Å². The molecule has 0 saturated heterocycles. The van der Waals surface area contributed by atoms with Crippen LogP contribution in [-0.4, -0.2) is 30.5 Å². The molecule has 1 aliphatic rings. The lowest BCUT2D eigenvalue weighted by atomic mass is 10.2. The van der Waals surface area contributed by atoms with E-state index in [4.69, 9.17) is 0 Å². The van der Waals surface area contributed by atoms with E-state index in [-0.39, 0.29) is 0 Å². The second kappa shape index (κ2) is 6.60. The summed E-state index contributed by atoms with van der Waals surface area (Å²) in [5.41, 5.74) is 3.41. The number of hydrogen-bond acceptors (Lipinski definition) is 3. The molecule has 1 rings (SSSR count). The van der Waals surface area contributed by atoms with Gasteiger partial charge in [0.1, 0.15) is 5.84 Å². The minimum atomic E-state index is 0.876. The number of aliphatic imine (C=N–C) groups is 1. The van der Waals surface area contributed by atoms with Gasteiger partial charge in [-0.25, -0.2) is 5.43 Å². The molecule has 0 unspecified atom stereocenters. The molecule has 1 N–H and O–H groups in total. The topological polar surface area (TPSA) is 27.6 Å². The number of amidine groups is 1. The summed E-state index contributed by atoms with van der Waals surface area (Å²) in [4.78, 5) is 4.41. The highest BCUT2D eigenvalue weighted by molar-refractivity contribution is 5.84. The maximum Gasteiger partial charge on any atom is 0.117 e. The third kappa shape index (κ3) is 3.50. The summed E-state index contributed by atoms with van der Waals surface area (Å²) in [6.45, 7) is 8.95. The summed E-state index contributed by atoms with van der Waals surface area (Å²) < 4.78 is 0. The van der Waals surface area contributed by atoms with Gasteiger partial charge in [0.05, 0.1) is 13.1 Å². The highest BCUT2D eigenvalue weighted by Crippen LogP contribution is 2.02. The smallest absolute Gasteiger partial charge is 0.117 e. The Bertz CT molecular complexity index is 199. The zero-order chi connectivity index (χ0) is 10.2. The van der Waals surface area contributed by atoms with Gasteiger partial charge >= 0.3 is 0 Å². The van der Waals surface area contributed by atoms with Crippen molar-refractivity contribution in [1.29, 1.82) is 0 Å². The molecule has 0 spiro atoms. The second-order valence-corrected chi connectivity index (χ2v) is 3.56. The van der Waals surface area contributed by atoms with Crippen LogP contribution in [0.3, 0.4) is 0 Å². The molecule has 3 heteroatoms. The molecule has 0 aromatic heterocycles. The summed E-state index contributed by atoms with van der Waals surface area (Å²) >= 11 is 0. The minimum Gasteiger partial charge on any atom is -0.294 e. The van der Waals surface area contributed by atoms with Crippen LogP contribution in [-0.2, 0) is 0 Å². The second-order valence-electron chi connectivity index (χ2n) is 3.56. The average Bonchev–Trinajstić information content (AvgIpc) is 2.61. The van der Waals surface area contributed by atoms with Gasteiger partial charge in [-0.3, -0.25) is 10.0 Å². The first kappa shape index (κ1) is 11.2. The molecule has 1 heterocycles. The Balaban J connectivity index is 2.17. The Morgan fingerprint density at radius 1 is 1.57 bits per heavy atom. The SMILES string of the molecule is C=CCC1=NCCN1NCCCCC. The highest BCUT2D eigenvalue weighted by atomic mass is 15.5. The fourth-order valence-electron chi connectivity index (χ4n) is 1.56. The van der Waals surface area contributed by atoms with E-state index in [1.165, 1.54) is 19.3 Å². The molecule has 1 aliphatic heterocycles. The minimum absolute atomic E-state index is 0.876. The van der Waals surface area contributed by atoms with E-state index in [9.17, 15) is 0 Å². The first-order valence-corrected chi connectivity index (χ1v) is 5.53. The molecule has 0 atom stereocenters. The van der Waals surface area contributed by atoms with Gasteiger partial charge in [0.15, 0.2) is 0 Å². The molecule has 3 nitrogen and oxygen atoms in total. The normalized spacial score (nSPS) is 15.8. The number of hydrogen-bond donors (Lipinski definition) is 1. The molecule has 0 amide bonds. The van der Waals surface area contributed by atoms with Crippen molar-refractivity contribution in [2.45, 2.75) is 32.6 Å². The van der Waals surface area contributed by atoms with Crippen LogP contribution in [0.5, 0.6) is 0 Å². The summed E-state index contributed by atoms with van der Waals surface area (Å²) in [6, 6.07) is 0. The van der Waals surface area contributed by atoms with Crippen molar-refractivity contribution in [3.05, 3.63) is 12.7 Å². The van der Waals surface area contributed by atoms with Crippen LogP contribution >= 0.6 is 0 Å². The Morgan fingerprint density at radius 3 is 3.14 bits per heavy atom. The third-order valence-electron chi connectivity index (χ3n) is 2.34. The standard InChI is InChI=1S/C11H21N3/c1-3-5-6-8-13-14-10-9-12-11(14)7-4-2/h4,13H,2-3,5-10H2,1H3. The highest BCUT2D eigenvalue weighted by Gasteiger charge is 2.13. The van der Waals surface area contributed by atoms with Crippen molar-refractivity contribution < 1.29 is 0 Å². The summed E-state index contributed by atoms with van der Waals surface area (Å²) in [5.74, 6) is 1.14. The van der Waals surface area contributed by atoms with Gasteiger partial charge in [0.2, 0.25) is 0 Å². The molecule has 0 fully saturated rings. The van der Waals surface area contributed by atoms with E-state index < -0.39 is 0 Å². The lowest BCUT2D eigenvalue weighted by molar-refractivity contribution is 0.325. The molecule has 0 saturated carbocycles. The number of nitrogens with one attached hydrogen (secondary N) is 1. The van der Waals surface area contributed by atoms with Crippen molar-refractivity contribution in [3.63, 3.8) is 0 Å². The van der Waals surface area contributed by atoms with Crippen LogP contribution in [0.4, 0.5) is 0 Å². The fraction of sp³-hybridized carbons (Fsp3) is 0.727. The van der Waals surface area contributed by atoms with Gasteiger partial charge in [0.25, 0.3) is 0 Å². The van der Waals surface area contributed by atoms with E-state index in [1.54, 1.807) is 0 Å². The van der Waals surface area contributed by atoms with E-state index in [1.807, 2.05) is 6.08 Å². The van der Waals surface area contributed by atoms with Crippen LogP contribution in [0, 0.1) is 0 Å². The predicted octanol–water partition coefficient (Wildman–Crippen LogP) is 1.97. The zero-order valence-electron chi connectivity index (χ0n) is 9.13. The summed E-state index contributed by atoms with van der Waals surface area (Å²) in [5, 5.41) is 2.16. The van der Waals surface area contributed by atoms with Crippen LogP contribution in [0.15, 0.2) is 17.6 Å². The van der Waals surface area contributed by atoms with Gasteiger partial charge < -0.3 is 0 Å². The van der Waals surface area contributed by atoms with Crippen LogP contribution in [0.1, 0.15) is 32.6 Å². The molecule has 0 radical (unpaired) electrons. The molecular weight excluding hydrogens is 174 g/mol.